The molecule has 1 aliphatic rings. The predicted octanol–water partition coefficient (Wildman–Crippen LogP) is 1.07. The number of aliphatic hydroxyl groups excluding tert-OH is 1. The van der Waals surface area contributed by atoms with E-state index in [0.717, 1.165) is 16.8 Å². The molecule has 1 unspecified atom stereocenters. The summed E-state index contributed by atoms with van der Waals surface area (Å²) in [6.45, 7) is 4.21. The van der Waals surface area contributed by atoms with Crippen molar-refractivity contribution in [2.75, 3.05) is 6.61 Å². The Morgan fingerprint density at radius 2 is 1.97 bits per heavy atom. The second kappa shape index (κ2) is 11.6. The van der Waals surface area contributed by atoms with Gasteiger partial charge < -0.3 is 19.1 Å². The third-order valence-corrected chi connectivity index (χ3v) is 6.72. The van der Waals surface area contributed by atoms with Gasteiger partial charge >= 0.3 is 19.4 Å². The summed E-state index contributed by atoms with van der Waals surface area (Å²) in [6, 6.07) is 9.92. The third kappa shape index (κ3) is 6.69. The fourth-order valence-electron chi connectivity index (χ4n) is 3.39. The lowest BCUT2D eigenvalue weighted by Gasteiger charge is -2.25. The number of hydrogen-bond donors (Lipinski definition) is 3. The number of nitrogens with one attached hydrogen (secondary N) is 2. The first-order valence-electron chi connectivity index (χ1n) is 11.0. The molecule has 0 radical (unpaired) electrons. The zero-order chi connectivity index (χ0) is 26.5. The Balaban J connectivity index is 1.79. The highest BCUT2D eigenvalue weighted by atomic mass is 31.2. The van der Waals surface area contributed by atoms with E-state index in [-0.39, 0.29) is 5.75 Å². The average Bonchev–Trinajstić information content (AvgIpc) is 3.12. The second-order valence-electron chi connectivity index (χ2n) is 8.26. The van der Waals surface area contributed by atoms with Crippen LogP contribution in [-0.4, -0.2) is 51.6 Å². The van der Waals surface area contributed by atoms with Crippen LogP contribution in [0, 0.1) is 17.2 Å². The molecule has 36 heavy (non-hydrogen) atoms. The summed E-state index contributed by atoms with van der Waals surface area (Å²) in [5.41, 5.74) is -1.47. The van der Waals surface area contributed by atoms with Crippen LogP contribution in [0.25, 0.3) is 0 Å². The van der Waals surface area contributed by atoms with Crippen LogP contribution in [0.1, 0.15) is 27.0 Å². The quantitative estimate of drug-likeness (QED) is 0.300. The van der Waals surface area contributed by atoms with Crippen LogP contribution in [0.3, 0.4) is 0 Å². The molecule has 1 fully saturated rings. The minimum Gasteiger partial charge on any atom is -0.462 e. The molecule has 194 valence electrons. The molecule has 6 atom stereocenters. The summed E-state index contributed by atoms with van der Waals surface area (Å²) in [5, 5.41) is 22.7. The third-order valence-electron chi connectivity index (χ3n) is 5.08. The van der Waals surface area contributed by atoms with E-state index in [2.05, 4.69) is 10.1 Å². The van der Waals surface area contributed by atoms with Gasteiger partial charge in [0.1, 0.15) is 29.9 Å². The van der Waals surface area contributed by atoms with Crippen LogP contribution in [0.15, 0.2) is 52.2 Å². The van der Waals surface area contributed by atoms with E-state index in [9.17, 15) is 29.3 Å². The van der Waals surface area contributed by atoms with Gasteiger partial charge in [-0.05, 0) is 32.9 Å². The van der Waals surface area contributed by atoms with Crippen LogP contribution < -0.4 is 20.9 Å². The number of nitriles is 1. The number of aromatic nitrogens is 2. The number of aliphatic hydroxyl groups is 1. The zero-order valence-corrected chi connectivity index (χ0v) is 20.7. The van der Waals surface area contributed by atoms with Gasteiger partial charge in [-0.25, -0.2) is 9.36 Å². The number of esters is 1. The van der Waals surface area contributed by atoms with Crippen molar-refractivity contribution in [3.8, 4) is 11.8 Å². The summed E-state index contributed by atoms with van der Waals surface area (Å²) in [5.74, 6) is -1.72. The largest absolute Gasteiger partial charge is 0.462 e. The van der Waals surface area contributed by atoms with E-state index < -0.39 is 68.1 Å². The Bertz CT molecular complexity index is 1260. The second-order valence-corrected chi connectivity index (χ2v) is 9.96. The topological polar surface area (TPSA) is 182 Å². The van der Waals surface area contributed by atoms with E-state index in [1.165, 1.54) is 19.1 Å². The molecule has 2 heterocycles. The Morgan fingerprint density at radius 1 is 1.28 bits per heavy atom. The maximum absolute atomic E-state index is 13.6. The maximum atomic E-state index is 13.6. The van der Waals surface area contributed by atoms with Crippen molar-refractivity contribution in [3.05, 3.63) is 63.4 Å². The number of hydrogen-bond acceptors (Lipinski definition) is 10. The van der Waals surface area contributed by atoms with Crippen molar-refractivity contribution in [1.82, 2.24) is 14.6 Å². The molecular formula is C22H27N4O9P. The van der Waals surface area contributed by atoms with Gasteiger partial charge in [-0.1, -0.05) is 18.2 Å². The SMILES string of the molecule is CC(C)OC(=O)[C@@H](C)NP(=O)(OC[C@H]1O[C@@H](n2ccc(=O)[nH]c2=O)[C@H](C#N)[C@@H]1O)Oc1ccccc1. The number of benzene rings is 1. The average molecular weight is 522 g/mol. The molecular weight excluding hydrogens is 495 g/mol. The molecule has 3 N–H and O–H groups in total. The number of para-hydroxylation sites is 1. The zero-order valence-electron chi connectivity index (χ0n) is 19.8. The molecule has 0 amide bonds. The van der Waals surface area contributed by atoms with Gasteiger partial charge in [0.05, 0.1) is 18.8 Å². The van der Waals surface area contributed by atoms with Crippen molar-refractivity contribution in [2.45, 2.75) is 51.4 Å². The monoisotopic (exact) mass is 522 g/mol. The minimum absolute atomic E-state index is 0.179. The van der Waals surface area contributed by atoms with Crippen LogP contribution >= 0.6 is 7.75 Å². The van der Waals surface area contributed by atoms with Crippen LogP contribution in [0.5, 0.6) is 5.75 Å². The van der Waals surface area contributed by atoms with E-state index >= 15 is 0 Å². The van der Waals surface area contributed by atoms with Crippen molar-refractivity contribution >= 4 is 13.7 Å². The molecule has 0 spiro atoms. The van der Waals surface area contributed by atoms with Crippen molar-refractivity contribution in [2.24, 2.45) is 5.92 Å². The van der Waals surface area contributed by atoms with Gasteiger partial charge in [-0.15, -0.1) is 0 Å². The number of rotatable bonds is 10. The summed E-state index contributed by atoms with van der Waals surface area (Å²) < 4.78 is 36.4. The number of H-pyrrole nitrogens is 1. The Morgan fingerprint density at radius 3 is 2.58 bits per heavy atom. The highest BCUT2D eigenvalue weighted by molar-refractivity contribution is 7.52. The summed E-state index contributed by atoms with van der Waals surface area (Å²) in [7, 11) is -4.25. The lowest BCUT2D eigenvalue weighted by Crippen LogP contribution is -2.37. The van der Waals surface area contributed by atoms with Crippen LogP contribution in [-0.2, 0) is 23.4 Å². The van der Waals surface area contributed by atoms with Crippen molar-refractivity contribution < 1.29 is 33.0 Å². The van der Waals surface area contributed by atoms with Gasteiger partial charge in [0.2, 0.25) is 0 Å². The highest BCUT2D eigenvalue weighted by Crippen LogP contribution is 2.46. The van der Waals surface area contributed by atoms with Gasteiger partial charge in [-0.3, -0.25) is 23.7 Å². The molecule has 1 aliphatic heterocycles. The molecule has 1 aromatic heterocycles. The molecule has 0 bridgehead atoms. The lowest BCUT2D eigenvalue weighted by molar-refractivity contribution is -0.149. The van der Waals surface area contributed by atoms with Gasteiger partial charge in [0, 0.05) is 12.3 Å². The number of carbonyl (C=O) groups excluding carboxylic acids is 1. The highest BCUT2D eigenvalue weighted by Gasteiger charge is 2.47. The first-order valence-corrected chi connectivity index (χ1v) is 12.6. The predicted molar refractivity (Wildman–Crippen MR) is 125 cm³/mol. The molecule has 0 saturated carbocycles. The van der Waals surface area contributed by atoms with E-state index in [4.69, 9.17) is 18.5 Å². The lowest BCUT2D eigenvalue weighted by atomic mass is 10.0. The first-order chi connectivity index (χ1) is 17.0. The molecule has 13 nitrogen and oxygen atoms in total. The molecule has 1 saturated heterocycles. The standard InChI is InChI=1S/C22H27N4O9P/c1-13(2)33-21(29)14(3)25-36(31,35-15-7-5-4-6-8-15)32-12-17-19(28)16(11-23)20(34-17)26-10-9-18(27)24-22(26)30/h4-10,13-14,16-17,19-20,28H,12H2,1-3H3,(H,25,31)(H,24,27,30)/t14-,16-,17-,19+,20-,36?/m1/s1. The van der Waals surface area contributed by atoms with Gasteiger partial charge in [0.15, 0.2) is 6.23 Å². The number of carbonyl (C=O) groups is 1. The molecule has 0 aliphatic carbocycles. The fraction of sp³-hybridized carbons (Fsp3) is 0.455. The smallest absolute Gasteiger partial charge is 0.459 e. The Kier molecular flexibility index (Phi) is 8.84. The molecule has 3 rings (SSSR count). The molecule has 1 aromatic carbocycles. The number of nitrogens with zero attached hydrogens (tertiary/aromatic N) is 2. The molecule has 14 heteroatoms. The summed E-state index contributed by atoms with van der Waals surface area (Å²) in [6.07, 6.45) is -3.15. The number of aromatic amines is 1. The van der Waals surface area contributed by atoms with Crippen LogP contribution in [0.4, 0.5) is 0 Å². The van der Waals surface area contributed by atoms with Gasteiger partial charge in [-0.2, -0.15) is 10.3 Å². The first kappa shape index (κ1) is 27.3. The van der Waals surface area contributed by atoms with E-state index in [1.807, 2.05) is 6.07 Å². The van der Waals surface area contributed by atoms with Crippen molar-refractivity contribution in [3.63, 3.8) is 0 Å². The summed E-state index contributed by atoms with van der Waals surface area (Å²) in [4.78, 5) is 37.8. The Labute approximate surface area is 206 Å². The number of ether oxygens (including phenoxy) is 2. The minimum atomic E-state index is -4.25. The van der Waals surface area contributed by atoms with Gasteiger partial charge in [0.25, 0.3) is 5.56 Å². The summed E-state index contributed by atoms with van der Waals surface area (Å²) >= 11 is 0. The van der Waals surface area contributed by atoms with Crippen molar-refractivity contribution in [1.29, 1.82) is 5.26 Å². The Hall–Kier alpha value is -3.27. The maximum Gasteiger partial charge on any atom is 0.459 e. The van der Waals surface area contributed by atoms with Crippen LogP contribution in [0.2, 0.25) is 0 Å². The normalized spacial score (nSPS) is 24.0. The van der Waals surface area contributed by atoms with E-state index in [1.54, 1.807) is 32.0 Å². The molecule has 2 aromatic rings. The fourth-order valence-corrected chi connectivity index (χ4v) is 4.90. The van der Waals surface area contributed by atoms with E-state index in [0.29, 0.717) is 0 Å².